The van der Waals surface area contributed by atoms with Crippen LogP contribution in [0.2, 0.25) is 18.1 Å². The molecule has 0 saturated heterocycles. The summed E-state index contributed by atoms with van der Waals surface area (Å²) in [5.74, 6) is -2.38. The van der Waals surface area contributed by atoms with Gasteiger partial charge in [-0.25, -0.2) is 9.59 Å². The first-order valence-electron chi connectivity index (χ1n) is 10.6. The topological polar surface area (TPSA) is 83.8 Å². The second-order valence-corrected chi connectivity index (χ2v) is 11.7. The Bertz CT molecular complexity index is 447. The number of carboxylic acids is 2. The van der Waals surface area contributed by atoms with E-state index in [2.05, 4.69) is 20.8 Å². The molecule has 0 aromatic carbocycles. The van der Waals surface area contributed by atoms with Crippen molar-refractivity contribution in [3.05, 3.63) is 11.1 Å². The number of rotatable bonds is 17. The lowest BCUT2D eigenvalue weighted by atomic mass is 10.1. The summed E-state index contributed by atoms with van der Waals surface area (Å²) >= 11 is 0. The molecule has 0 heterocycles. The van der Waals surface area contributed by atoms with Crippen LogP contribution in [0.3, 0.4) is 0 Å². The highest BCUT2D eigenvalue weighted by Gasteiger charge is 2.34. The summed E-state index contributed by atoms with van der Waals surface area (Å²) in [5, 5.41) is 18.6. The molecule has 27 heavy (non-hydrogen) atoms. The molecule has 0 fully saturated rings. The average molecular weight is 401 g/mol. The highest BCUT2D eigenvalue weighted by molar-refractivity contribution is 6.73. The normalized spacial score (nSPS) is 12.7. The minimum Gasteiger partial charge on any atom is -0.478 e. The molecule has 158 valence electrons. The van der Waals surface area contributed by atoms with Gasteiger partial charge in [-0.2, -0.15) is 0 Å². The fourth-order valence-corrected chi connectivity index (χ4v) is 7.68. The van der Waals surface area contributed by atoms with Crippen molar-refractivity contribution in [3.63, 3.8) is 0 Å². The summed E-state index contributed by atoms with van der Waals surface area (Å²) in [6.07, 6.45) is 10.3. The maximum Gasteiger partial charge on any atom is 0.334 e. The van der Waals surface area contributed by atoms with Crippen LogP contribution in [0.25, 0.3) is 0 Å². The van der Waals surface area contributed by atoms with Crippen molar-refractivity contribution in [1.82, 2.24) is 0 Å². The molecule has 0 aromatic heterocycles. The fraction of sp³-hybridized carbons (Fsp3) is 0.810. The van der Waals surface area contributed by atoms with Gasteiger partial charge in [0.05, 0.1) is 12.2 Å². The number of hydrogen-bond acceptors (Lipinski definition) is 3. The first-order chi connectivity index (χ1) is 12.8. The Labute approximate surface area is 166 Å². The van der Waals surface area contributed by atoms with Crippen LogP contribution in [0.5, 0.6) is 0 Å². The van der Waals surface area contributed by atoms with Crippen LogP contribution in [-0.2, 0) is 14.0 Å². The number of carboxylic acid groups (broad SMARTS) is 2. The van der Waals surface area contributed by atoms with Crippen LogP contribution in [0.15, 0.2) is 11.1 Å². The summed E-state index contributed by atoms with van der Waals surface area (Å²) in [6.45, 7) is 7.81. The predicted molar refractivity (Wildman–Crippen MR) is 113 cm³/mol. The van der Waals surface area contributed by atoms with Crippen LogP contribution in [0.1, 0.15) is 85.5 Å². The van der Waals surface area contributed by atoms with Gasteiger partial charge in [-0.3, -0.25) is 0 Å². The number of unbranched alkanes of at least 4 members (excludes halogenated alkanes) is 6. The quantitative estimate of drug-likeness (QED) is 0.177. The lowest BCUT2D eigenvalue weighted by Crippen LogP contribution is -2.39. The number of hydrogen-bond donors (Lipinski definition) is 2. The van der Waals surface area contributed by atoms with E-state index in [4.69, 9.17) is 4.43 Å². The van der Waals surface area contributed by atoms with Gasteiger partial charge in [-0.15, -0.1) is 0 Å². The van der Waals surface area contributed by atoms with Gasteiger partial charge in [0.25, 0.3) is 0 Å². The maximum absolute atomic E-state index is 11.6. The molecule has 0 radical (unpaired) electrons. The summed E-state index contributed by atoms with van der Waals surface area (Å²) in [7, 11) is -2.09. The van der Waals surface area contributed by atoms with E-state index in [0.717, 1.165) is 75.9 Å². The highest BCUT2D eigenvalue weighted by Crippen LogP contribution is 2.31. The van der Waals surface area contributed by atoms with Crippen LogP contribution < -0.4 is 0 Å². The molecule has 6 heteroatoms. The third kappa shape index (κ3) is 10.7. The van der Waals surface area contributed by atoms with E-state index < -0.39 is 20.3 Å². The molecule has 5 nitrogen and oxygen atoms in total. The summed E-state index contributed by atoms with van der Waals surface area (Å²) in [5.41, 5.74) is -0.234. The summed E-state index contributed by atoms with van der Waals surface area (Å²) in [4.78, 5) is 22.8. The Morgan fingerprint density at radius 2 is 1.15 bits per heavy atom. The Morgan fingerprint density at radius 3 is 1.44 bits per heavy atom. The van der Waals surface area contributed by atoms with Crippen LogP contribution in [0.4, 0.5) is 0 Å². The van der Waals surface area contributed by atoms with Crippen molar-refractivity contribution < 1.29 is 24.2 Å². The SMILES string of the molecule is CCCCC[Si](CCCCC)(CCCCC)OCC(C(=O)O)=C(C)C(=O)O. The predicted octanol–water partition coefficient (Wildman–Crippen LogP) is 6.00. The van der Waals surface area contributed by atoms with Crippen molar-refractivity contribution in [2.24, 2.45) is 0 Å². The second kappa shape index (κ2) is 14.9. The largest absolute Gasteiger partial charge is 0.478 e. The van der Waals surface area contributed by atoms with Gasteiger partial charge in [0, 0.05) is 5.57 Å². The molecule has 0 bridgehead atoms. The smallest absolute Gasteiger partial charge is 0.334 e. The third-order valence-electron chi connectivity index (χ3n) is 5.26. The fourth-order valence-electron chi connectivity index (χ4n) is 3.37. The van der Waals surface area contributed by atoms with Crippen LogP contribution >= 0.6 is 0 Å². The van der Waals surface area contributed by atoms with E-state index in [9.17, 15) is 19.8 Å². The minimum absolute atomic E-state index is 0.0793. The van der Waals surface area contributed by atoms with Crippen molar-refractivity contribution in [3.8, 4) is 0 Å². The van der Waals surface area contributed by atoms with E-state index in [-0.39, 0.29) is 17.8 Å². The van der Waals surface area contributed by atoms with E-state index in [0.29, 0.717) is 0 Å². The van der Waals surface area contributed by atoms with Crippen molar-refractivity contribution in [2.45, 2.75) is 104 Å². The van der Waals surface area contributed by atoms with Gasteiger partial charge in [-0.1, -0.05) is 78.6 Å². The molecule has 0 aliphatic rings. The Balaban J connectivity index is 5.42. The van der Waals surface area contributed by atoms with Gasteiger partial charge < -0.3 is 14.6 Å². The molecule has 0 amide bonds. The molecule has 0 aliphatic heterocycles. The molecule has 0 unspecified atom stereocenters. The molecular formula is C21H40O5Si. The standard InChI is InChI=1S/C21H40O5Si/c1-5-8-11-14-27(15-12-9-6-2,16-13-10-7-3)26-17-19(21(24)25)18(4)20(22)23/h5-17H2,1-4H3,(H,22,23)(H,24,25). The maximum atomic E-state index is 11.6. The molecule has 0 saturated carbocycles. The molecule has 0 aromatic rings. The van der Waals surface area contributed by atoms with E-state index in [1.54, 1.807) is 0 Å². The zero-order chi connectivity index (χ0) is 20.7. The van der Waals surface area contributed by atoms with Gasteiger partial charge in [-0.05, 0) is 25.1 Å². The number of aliphatic carboxylic acids is 2. The van der Waals surface area contributed by atoms with Crippen molar-refractivity contribution in [2.75, 3.05) is 6.61 Å². The first-order valence-corrected chi connectivity index (χ1v) is 13.2. The Kier molecular flexibility index (Phi) is 14.2. The lowest BCUT2D eigenvalue weighted by Gasteiger charge is -2.32. The van der Waals surface area contributed by atoms with Gasteiger partial charge in [0.15, 0.2) is 8.32 Å². The van der Waals surface area contributed by atoms with E-state index >= 15 is 0 Å². The summed E-state index contributed by atoms with van der Waals surface area (Å²) in [6, 6.07) is 3.15. The average Bonchev–Trinajstić information content (AvgIpc) is 2.62. The minimum atomic E-state index is -2.09. The number of carbonyl (C=O) groups is 2. The van der Waals surface area contributed by atoms with Crippen molar-refractivity contribution >= 4 is 20.3 Å². The van der Waals surface area contributed by atoms with Crippen molar-refractivity contribution in [1.29, 1.82) is 0 Å². The molecular weight excluding hydrogens is 360 g/mol. The van der Waals surface area contributed by atoms with Gasteiger partial charge >= 0.3 is 11.9 Å². The van der Waals surface area contributed by atoms with Crippen LogP contribution in [-0.4, -0.2) is 37.1 Å². The molecule has 0 aliphatic carbocycles. The van der Waals surface area contributed by atoms with Gasteiger partial charge in [0.1, 0.15) is 0 Å². The molecule has 0 rings (SSSR count). The van der Waals surface area contributed by atoms with E-state index in [1.165, 1.54) is 6.92 Å². The summed E-state index contributed by atoms with van der Waals surface area (Å²) < 4.78 is 6.40. The third-order valence-corrected chi connectivity index (χ3v) is 9.81. The Morgan fingerprint density at radius 1 is 0.741 bits per heavy atom. The second-order valence-electron chi connectivity index (χ2n) is 7.56. The molecule has 0 spiro atoms. The Hall–Kier alpha value is -1.14. The first kappa shape index (κ1) is 25.9. The zero-order valence-corrected chi connectivity index (χ0v) is 18.8. The van der Waals surface area contributed by atoms with Crippen LogP contribution in [0, 0.1) is 0 Å². The molecule has 0 atom stereocenters. The monoisotopic (exact) mass is 400 g/mol. The molecule has 2 N–H and O–H groups in total. The van der Waals surface area contributed by atoms with E-state index in [1.807, 2.05) is 0 Å². The van der Waals surface area contributed by atoms with Gasteiger partial charge in [0.2, 0.25) is 0 Å². The highest BCUT2D eigenvalue weighted by atomic mass is 28.4. The lowest BCUT2D eigenvalue weighted by molar-refractivity contribution is -0.136. The zero-order valence-electron chi connectivity index (χ0n) is 17.8.